The van der Waals surface area contributed by atoms with Crippen LogP contribution in [0.25, 0.3) is 0 Å². The van der Waals surface area contributed by atoms with Crippen molar-refractivity contribution in [3.8, 4) is 5.75 Å². The third kappa shape index (κ3) is 3.58. The average Bonchev–Trinajstić information content (AvgIpc) is 2.60. The molecular formula is C20H28OTi. The van der Waals surface area contributed by atoms with Crippen LogP contribution < -0.4 is 3.32 Å². The van der Waals surface area contributed by atoms with Crippen LogP contribution in [-0.4, -0.2) is 0 Å². The van der Waals surface area contributed by atoms with Crippen molar-refractivity contribution in [3.63, 3.8) is 0 Å². The summed E-state index contributed by atoms with van der Waals surface area (Å²) in [4.78, 5) is 0. The molecule has 0 N–H and O–H groups in total. The predicted molar refractivity (Wildman–Crippen MR) is 90.7 cm³/mol. The molecule has 1 nitrogen and oxygen atoms in total. The average molecular weight is 332 g/mol. The summed E-state index contributed by atoms with van der Waals surface area (Å²) in [5.74, 6) is 1.60. The fraction of sp³-hybridized carbons (Fsp3) is 0.500. The van der Waals surface area contributed by atoms with Gasteiger partial charge in [-0.15, -0.1) is 0 Å². The van der Waals surface area contributed by atoms with Gasteiger partial charge in [0, 0.05) is 0 Å². The molecule has 1 aliphatic rings. The molecule has 22 heavy (non-hydrogen) atoms. The van der Waals surface area contributed by atoms with Gasteiger partial charge >= 0.3 is 145 Å². The molecule has 1 atom stereocenters. The van der Waals surface area contributed by atoms with Gasteiger partial charge < -0.3 is 0 Å². The number of hydrogen-bond acceptors (Lipinski definition) is 1. The van der Waals surface area contributed by atoms with Crippen molar-refractivity contribution in [2.75, 3.05) is 0 Å². The molecule has 1 aromatic carbocycles. The number of aryl methyl sites for hydroxylation is 1. The Hall–Kier alpha value is -0.786. The van der Waals surface area contributed by atoms with E-state index in [1.54, 1.807) is 3.88 Å². The second-order valence-corrected chi connectivity index (χ2v) is 9.04. The molecule has 0 amide bonds. The Morgan fingerprint density at radius 1 is 0.955 bits per heavy atom. The van der Waals surface area contributed by atoms with Crippen LogP contribution in [0, 0.1) is 12.8 Å². The molecule has 0 spiro atoms. The summed E-state index contributed by atoms with van der Waals surface area (Å²) in [7, 11) is 0. The van der Waals surface area contributed by atoms with Crippen LogP contribution in [0.5, 0.6) is 5.75 Å². The van der Waals surface area contributed by atoms with Crippen molar-refractivity contribution in [3.05, 3.63) is 49.9 Å². The van der Waals surface area contributed by atoms with E-state index in [1.165, 1.54) is 27.8 Å². The Bertz CT molecular complexity index is 644. The zero-order valence-electron chi connectivity index (χ0n) is 15.2. The summed E-state index contributed by atoms with van der Waals surface area (Å²) in [5, 5.41) is 0. The minimum atomic E-state index is -0.567. The maximum absolute atomic E-state index is 6.28. The van der Waals surface area contributed by atoms with Crippen molar-refractivity contribution in [1.29, 1.82) is 0 Å². The van der Waals surface area contributed by atoms with Gasteiger partial charge in [-0.05, 0) is 0 Å². The van der Waals surface area contributed by atoms with Gasteiger partial charge in [0.15, 0.2) is 0 Å². The van der Waals surface area contributed by atoms with E-state index in [9.17, 15) is 0 Å². The van der Waals surface area contributed by atoms with E-state index in [0.29, 0.717) is 5.92 Å². The molecule has 0 saturated carbocycles. The normalized spacial score (nSPS) is 19.0. The van der Waals surface area contributed by atoms with Crippen LogP contribution in [0.2, 0.25) is 0 Å². The number of hydrogen-bond donors (Lipinski definition) is 0. The Morgan fingerprint density at radius 2 is 1.59 bits per heavy atom. The van der Waals surface area contributed by atoms with Crippen molar-refractivity contribution in [2.45, 2.75) is 60.8 Å². The van der Waals surface area contributed by atoms with E-state index in [4.69, 9.17) is 3.32 Å². The maximum atomic E-state index is 6.28. The fourth-order valence-electron chi connectivity index (χ4n) is 2.88. The van der Waals surface area contributed by atoms with Crippen LogP contribution >= 0.6 is 0 Å². The van der Waals surface area contributed by atoms with Crippen molar-refractivity contribution < 1.29 is 22.9 Å². The first-order valence-electron chi connectivity index (χ1n) is 8.04. The molecule has 0 radical (unpaired) electrons. The Labute approximate surface area is 145 Å². The monoisotopic (exact) mass is 332 g/mol. The zero-order valence-corrected chi connectivity index (χ0v) is 16.8. The first kappa shape index (κ1) is 17.6. The van der Waals surface area contributed by atoms with E-state index in [0.717, 1.165) is 5.75 Å². The van der Waals surface area contributed by atoms with Crippen LogP contribution in [0.3, 0.4) is 0 Å². The molecule has 1 aliphatic carbocycles. The predicted octanol–water partition coefficient (Wildman–Crippen LogP) is 5.93. The van der Waals surface area contributed by atoms with Gasteiger partial charge in [0.2, 0.25) is 0 Å². The van der Waals surface area contributed by atoms with Gasteiger partial charge in [-0.3, -0.25) is 0 Å². The van der Waals surface area contributed by atoms with Gasteiger partial charge in [-0.25, -0.2) is 0 Å². The van der Waals surface area contributed by atoms with Crippen molar-refractivity contribution in [2.24, 2.45) is 5.92 Å². The second kappa shape index (κ2) is 6.38. The summed E-state index contributed by atoms with van der Waals surface area (Å²) in [6, 6.07) is 6.66. The molecule has 0 saturated heterocycles. The molecule has 1 aromatic rings. The molecule has 0 aliphatic heterocycles. The van der Waals surface area contributed by atoms with Gasteiger partial charge in [-0.1, -0.05) is 0 Å². The SMILES string of the molecule is CC1=C(C)C(C)[C]([Ti][O]c2cc(C)cc(C(C)(C)C)c2)=C1C. The minimum absolute atomic E-state index is 0.161. The van der Waals surface area contributed by atoms with E-state index in [1.807, 2.05) is 0 Å². The number of rotatable bonds is 3. The van der Waals surface area contributed by atoms with Crippen molar-refractivity contribution >= 4 is 0 Å². The molecule has 0 aromatic heterocycles. The van der Waals surface area contributed by atoms with Crippen LogP contribution in [0.4, 0.5) is 0 Å². The Morgan fingerprint density at radius 3 is 2.09 bits per heavy atom. The van der Waals surface area contributed by atoms with Crippen LogP contribution in [0.1, 0.15) is 59.6 Å². The number of benzene rings is 1. The summed E-state index contributed by atoms with van der Waals surface area (Å²) < 4.78 is 7.83. The first-order valence-corrected chi connectivity index (χ1v) is 9.46. The molecule has 1 unspecified atom stereocenters. The summed E-state index contributed by atoms with van der Waals surface area (Å²) in [6.45, 7) is 18.0. The third-order valence-corrected chi connectivity index (χ3v) is 6.97. The molecule has 2 heteroatoms. The zero-order chi connectivity index (χ0) is 16.7. The fourth-order valence-corrected chi connectivity index (χ4v) is 4.57. The van der Waals surface area contributed by atoms with Gasteiger partial charge in [0.1, 0.15) is 0 Å². The number of allylic oxidation sites excluding steroid dienone is 4. The molecule has 2 rings (SSSR count). The van der Waals surface area contributed by atoms with E-state index >= 15 is 0 Å². The molecule has 0 bridgehead atoms. The summed E-state index contributed by atoms with van der Waals surface area (Å²) in [5.41, 5.74) is 7.24. The van der Waals surface area contributed by atoms with Crippen LogP contribution in [0.15, 0.2) is 38.8 Å². The molecule has 0 heterocycles. The van der Waals surface area contributed by atoms with Gasteiger partial charge in [0.25, 0.3) is 0 Å². The second-order valence-electron chi connectivity index (χ2n) is 7.56. The topological polar surface area (TPSA) is 9.23 Å². The molecular weight excluding hydrogens is 304 g/mol. The van der Waals surface area contributed by atoms with Gasteiger partial charge in [0.05, 0.1) is 0 Å². The van der Waals surface area contributed by atoms with E-state index in [2.05, 4.69) is 73.6 Å². The van der Waals surface area contributed by atoms with Gasteiger partial charge in [-0.2, -0.15) is 0 Å². The standard InChI is InChI=1S/C11H16O.C9H13.Ti/c1-8-5-9(11(2,3)4)7-10(12)6-8;1-6-5-7(2)9(4)8(6)3;/h5-7,12H,1-4H3;6H,1-4H3;/q;;+1/p-1. The molecule has 118 valence electrons. The summed E-state index contributed by atoms with van der Waals surface area (Å²) in [6.07, 6.45) is 0. The van der Waals surface area contributed by atoms with E-state index < -0.39 is 19.5 Å². The third-order valence-electron chi connectivity index (χ3n) is 4.84. The Balaban J connectivity index is 2.19. The first-order chi connectivity index (χ1) is 10.1. The van der Waals surface area contributed by atoms with Crippen molar-refractivity contribution in [1.82, 2.24) is 0 Å². The Kier molecular flexibility index (Phi) is 5.09. The summed E-state index contributed by atoms with van der Waals surface area (Å²) >= 11 is -0.567. The quantitative estimate of drug-likeness (QED) is 0.624. The molecule has 0 fully saturated rings. The van der Waals surface area contributed by atoms with E-state index in [-0.39, 0.29) is 5.41 Å². The van der Waals surface area contributed by atoms with Crippen LogP contribution in [-0.2, 0) is 25.0 Å².